The van der Waals surface area contributed by atoms with Crippen molar-refractivity contribution in [2.24, 2.45) is 0 Å². The quantitative estimate of drug-likeness (QED) is 0.927. The molecule has 3 nitrogen and oxygen atoms in total. The van der Waals surface area contributed by atoms with Gasteiger partial charge in [-0.2, -0.15) is 0 Å². The standard InChI is InChI=1S/C17H17F2NO2/c1-10-6-11(2)8-14(7-10)22-12(3)17(21)20-13-4-5-15(18)16(19)9-13/h4-9,12H,1-3H3,(H,20,21)/t12-/m0/s1. The number of hydrogen-bond acceptors (Lipinski definition) is 2. The lowest BCUT2D eigenvalue weighted by molar-refractivity contribution is -0.122. The van der Waals surface area contributed by atoms with E-state index >= 15 is 0 Å². The number of rotatable bonds is 4. The first-order valence-corrected chi connectivity index (χ1v) is 6.86. The minimum absolute atomic E-state index is 0.180. The van der Waals surface area contributed by atoms with Crippen LogP contribution in [-0.4, -0.2) is 12.0 Å². The van der Waals surface area contributed by atoms with Gasteiger partial charge in [0.2, 0.25) is 0 Å². The van der Waals surface area contributed by atoms with Gasteiger partial charge in [0.25, 0.3) is 5.91 Å². The molecule has 5 heteroatoms. The van der Waals surface area contributed by atoms with Crippen LogP contribution in [0.25, 0.3) is 0 Å². The summed E-state index contributed by atoms with van der Waals surface area (Å²) in [5, 5.41) is 2.49. The van der Waals surface area contributed by atoms with Crippen LogP contribution < -0.4 is 10.1 Å². The van der Waals surface area contributed by atoms with E-state index in [-0.39, 0.29) is 5.69 Å². The summed E-state index contributed by atoms with van der Waals surface area (Å²) in [6.07, 6.45) is -0.769. The van der Waals surface area contributed by atoms with E-state index in [1.807, 2.05) is 32.0 Å². The average Bonchev–Trinajstić information content (AvgIpc) is 2.41. The predicted molar refractivity (Wildman–Crippen MR) is 81.0 cm³/mol. The van der Waals surface area contributed by atoms with Gasteiger partial charge < -0.3 is 10.1 Å². The number of benzene rings is 2. The summed E-state index contributed by atoms with van der Waals surface area (Å²) in [6.45, 7) is 5.46. The highest BCUT2D eigenvalue weighted by molar-refractivity contribution is 5.94. The molecule has 0 unspecified atom stereocenters. The van der Waals surface area contributed by atoms with Crippen molar-refractivity contribution in [1.29, 1.82) is 0 Å². The van der Waals surface area contributed by atoms with Gasteiger partial charge in [-0.15, -0.1) is 0 Å². The topological polar surface area (TPSA) is 38.3 Å². The second-order valence-electron chi connectivity index (χ2n) is 5.20. The van der Waals surface area contributed by atoms with Crippen LogP contribution in [0.15, 0.2) is 36.4 Å². The third-order valence-electron chi connectivity index (χ3n) is 3.06. The van der Waals surface area contributed by atoms with Gasteiger partial charge in [0, 0.05) is 11.8 Å². The summed E-state index contributed by atoms with van der Waals surface area (Å²) in [5.41, 5.74) is 2.24. The van der Waals surface area contributed by atoms with Gasteiger partial charge >= 0.3 is 0 Å². The molecule has 0 saturated heterocycles. The zero-order valence-corrected chi connectivity index (χ0v) is 12.6. The van der Waals surface area contributed by atoms with Gasteiger partial charge in [-0.1, -0.05) is 6.07 Å². The SMILES string of the molecule is Cc1cc(C)cc(O[C@@H](C)C(=O)Nc2ccc(F)c(F)c2)c1. The van der Waals surface area contributed by atoms with Crippen molar-refractivity contribution in [2.45, 2.75) is 26.9 Å². The number of anilines is 1. The van der Waals surface area contributed by atoms with Crippen LogP contribution in [0, 0.1) is 25.5 Å². The Balaban J connectivity index is 2.04. The lowest BCUT2D eigenvalue weighted by Gasteiger charge is -2.15. The van der Waals surface area contributed by atoms with Crippen LogP contribution in [0.2, 0.25) is 0 Å². The molecule has 1 N–H and O–H groups in total. The van der Waals surface area contributed by atoms with Crippen LogP contribution in [0.4, 0.5) is 14.5 Å². The Morgan fingerprint density at radius 3 is 2.27 bits per heavy atom. The molecule has 0 saturated carbocycles. The zero-order chi connectivity index (χ0) is 16.3. The van der Waals surface area contributed by atoms with E-state index in [0.29, 0.717) is 5.75 Å². The van der Waals surface area contributed by atoms with E-state index in [1.54, 1.807) is 6.92 Å². The van der Waals surface area contributed by atoms with Crippen molar-refractivity contribution in [3.05, 3.63) is 59.2 Å². The molecule has 0 fully saturated rings. The minimum atomic E-state index is -1.01. The van der Waals surface area contributed by atoms with Gasteiger partial charge in [0.05, 0.1) is 0 Å². The average molecular weight is 305 g/mol. The summed E-state index contributed by atoms with van der Waals surface area (Å²) in [4.78, 5) is 12.0. The molecule has 0 aliphatic rings. The maximum absolute atomic E-state index is 13.1. The summed E-state index contributed by atoms with van der Waals surface area (Å²) < 4.78 is 31.5. The molecule has 1 amide bonds. The molecule has 0 heterocycles. The third kappa shape index (κ3) is 4.04. The van der Waals surface area contributed by atoms with Crippen LogP contribution in [-0.2, 0) is 4.79 Å². The first kappa shape index (κ1) is 15.9. The van der Waals surface area contributed by atoms with Crippen molar-refractivity contribution >= 4 is 11.6 Å². The normalized spacial score (nSPS) is 11.9. The van der Waals surface area contributed by atoms with Gasteiger partial charge in [-0.3, -0.25) is 4.79 Å². The number of amides is 1. The van der Waals surface area contributed by atoms with E-state index in [1.165, 1.54) is 6.07 Å². The molecule has 0 bridgehead atoms. The Morgan fingerprint density at radius 1 is 1.05 bits per heavy atom. The molecule has 0 aliphatic heterocycles. The number of carbonyl (C=O) groups is 1. The van der Waals surface area contributed by atoms with Crippen LogP contribution in [0.1, 0.15) is 18.1 Å². The van der Waals surface area contributed by atoms with Crippen molar-refractivity contribution in [1.82, 2.24) is 0 Å². The van der Waals surface area contributed by atoms with E-state index in [0.717, 1.165) is 23.3 Å². The van der Waals surface area contributed by atoms with Crippen LogP contribution in [0.5, 0.6) is 5.75 Å². The molecule has 1 atom stereocenters. The van der Waals surface area contributed by atoms with E-state index in [4.69, 9.17) is 4.74 Å². The Hall–Kier alpha value is -2.43. The minimum Gasteiger partial charge on any atom is -0.481 e. The molecular weight excluding hydrogens is 288 g/mol. The fraction of sp³-hybridized carbons (Fsp3) is 0.235. The van der Waals surface area contributed by atoms with Crippen LogP contribution >= 0.6 is 0 Å². The Morgan fingerprint density at radius 2 is 1.68 bits per heavy atom. The van der Waals surface area contributed by atoms with Crippen LogP contribution in [0.3, 0.4) is 0 Å². The molecule has 0 aromatic heterocycles. The van der Waals surface area contributed by atoms with Crippen molar-refractivity contribution < 1.29 is 18.3 Å². The first-order valence-electron chi connectivity index (χ1n) is 6.86. The van der Waals surface area contributed by atoms with Gasteiger partial charge in [-0.05, 0) is 56.2 Å². The highest BCUT2D eigenvalue weighted by Gasteiger charge is 2.16. The summed E-state index contributed by atoms with van der Waals surface area (Å²) >= 11 is 0. The van der Waals surface area contributed by atoms with E-state index in [9.17, 15) is 13.6 Å². The Labute approximate surface area is 127 Å². The number of nitrogens with one attached hydrogen (secondary N) is 1. The molecule has 0 spiro atoms. The number of halogens is 2. The van der Waals surface area contributed by atoms with Gasteiger partial charge in [0.15, 0.2) is 17.7 Å². The highest BCUT2D eigenvalue weighted by atomic mass is 19.2. The van der Waals surface area contributed by atoms with Gasteiger partial charge in [-0.25, -0.2) is 8.78 Å². The lowest BCUT2D eigenvalue weighted by atomic mass is 10.1. The smallest absolute Gasteiger partial charge is 0.265 e. The van der Waals surface area contributed by atoms with Crippen molar-refractivity contribution in [2.75, 3.05) is 5.32 Å². The zero-order valence-electron chi connectivity index (χ0n) is 12.6. The molecular formula is C17H17F2NO2. The largest absolute Gasteiger partial charge is 0.481 e. The third-order valence-corrected chi connectivity index (χ3v) is 3.06. The maximum atomic E-state index is 13.1. The second kappa shape index (κ2) is 6.56. The summed E-state index contributed by atoms with van der Waals surface area (Å²) in [6, 6.07) is 8.83. The fourth-order valence-electron chi connectivity index (χ4n) is 2.08. The number of hydrogen-bond donors (Lipinski definition) is 1. The maximum Gasteiger partial charge on any atom is 0.265 e. The Bertz CT molecular complexity index is 681. The molecule has 22 heavy (non-hydrogen) atoms. The van der Waals surface area contributed by atoms with E-state index < -0.39 is 23.6 Å². The lowest BCUT2D eigenvalue weighted by Crippen LogP contribution is -2.30. The highest BCUT2D eigenvalue weighted by Crippen LogP contribution is 2.18. The molecule has 2 rings (SSSR count). The summed E-state index contributed by atoms with van der Waals surface area (Å²) in [7, 11) is 0. The molecule has 0 aliphatic carbocycles. The monoisotopic (exact) mass is 305 g/mol. The van der Waals surface area contributed by atoms with Gasteiger partial charge in [0.1, 0.15) is 5.75 Å². The number of aryl methyl sites for hydroxylation is 2. The molecule has 116 valence electrons. The Kier molecular flexibility index (Phi) is 4.75. The first-order chi connectivity index (χ1) is 10.3. The summed E-state index contributed by atoms with van der Waals surface area (Å²) in [5.74, 6) is -1.83. The number of ether oxygens (including phenoxy) is 1. The molecule has 2 aromatic rings. The second-order valence-corrected chi connectivity index (χ2v) is 5.20. The number of carbonyl (C=O) groups excluding carboxylic acids is 1. The van der Waals surface area contributed by atoms with E-state index in [2.05, 4.69) is 5.32 Å². The van der Waals surface area contributed by atoms with Crippen molar-refractivity contribution in [3.63, 3.8) is 0 Å². The molecule has 2 aromatic carbocycles. The fourth-order valence-corrected chi connectivity index (χ4v) is 2.08. The predicted octanol–water partition coefficient (Wildman–Crippen LogP) is 3.99. The van der Waals surface area contributed by atoms with Crippen molar-refractivity contribution in [3.8, 4) is 5.75 Å². The molecule has 0 radical (unpaired) electrons.